The number of carbonyl (C=O) groups excluding carboxylic acids is 1. The van der Waals surface area contributed by atoms with Crippen molar-refractivity contribution in [2.45, 2.75) is 83.7 Å². The lowest BCUT2D eigenvalue weighted by molar-refractivity contribution is -0.131. The van der Waals surface area contributed by atoms with Crippen LogP contribution in [0.2, 0.25) is 5.04 Å². The molecule has 1 fully saturated rings. The van der Waals surface area contributed by atoms with Crippen LogP contribution >= 0.6 is 11.3 Å². The number of halogens is 1. The molecule has 1 amide bonds. The second kappa shape index (κ2) is 16.6. The van der Waals surface area contributed by atoms with Crippen molar-refractivity contribution >= 4 is 46.2 Å². The van der Waals surface area contributed by atoms with Gasteiger partial charge in [0.25, 0.3) is 13.9 Å². The van der Waals surface area contributed by atoms with E-state index in [2.05, 4.69) is 24.0 Å². The molecule has 4 heterocycles. The van der Waals surface area contributed by atoms with Gasteiger partial charge in [-0.15, -0.1) is 4.80 Å². The Kier molecular flexibility index (Phi) is 11.7. The normalized spacial score (nSPS) is 15.5. The Labute approximate surface area is 341 Å². The molecule has 2 atom stereocenters. The van der Waals surface area contributed by atoms with E-state index in [-0.39, 0.29) is 30.5 Å². The highest BCUT2D eigenvalue weighted by atomic mass is 32.1. The van der Waals surface area contributed by atoms with Gasteiger partial charge in [0, 0.05) is 30.3 Å². The van der Waals surface area contributed by atoms with E-state index in [4.69, 9.17) is 9.47 Å². The molecular weight excluding hydrogens is 776 g/mol. The standard InChI is InChI=1S/C43H49FN6O6SSi/c1-28(2)47-24-20-34(38(47)51)49-39(52)37-29(3)40(50-45-22-23-46-50)57-41(37)48(42(49)53)27-36(33-26-30(44)18-19-35(33)55-6)56-25-13-21-43(4,5)58(54,31-14-9-7-10-15-31)32-16-11-8-12-17-32/h7-12,14-19,22-23,26,28,34,36,54H,13,20-21,24-25,27H2,1-6H3/t34?,36-/m0/s1. The van der Waals surface area contributed by atoms with Gasteiger partial charge in [0.05, 0.1) is 31.4 Å². The van der Waals surface area contributed by atoms with Gasteiger partial charge in [-0.05, 0) is 73.6 Å². The van der Waals surface area contributed by atoms with E-state index >= 15 is 4.39 Å². The monoisotopic (exact) mass is 824 g/mol. The highest BCUT2D eigenvalue weighted by molar-refractivity contribution is 7.21. The number of rotatable bonds is 15. The fourth-order valence-corrected chi connectivity index (χ4v) is 13.3. The van der Waals surface area contributed by atoms with Gasteiger partial charge in [-0.2, -0.15) is 10.2 Å². The number of methoxy groups -OCH3 is 1. The topological polar surface area (TPSA) is 134 Å². The number of nitrogens with zero attached hydrogens (tertiary/aromatic N) is 6. The van der Waals surface area contributed by atoms with E-state index < -0.39 is 42.6 Å². The minimum Gasteiger partial charge on any atom is -0.496 e. The van der Waals surface area contributed by atoms with Crippen LogP contribution in [0.25, 0.3) is 15.2 Å². The molecule has 0 bridgehead atoms. The number of ether oxygens (including phenoxy) is 2. The molecule has 7 rings (SSSR count). The Morgan fingerprint density at radius 1 is 0.983 bits per heavy atom. The largest absolute Gasteiger partial charge is 0.496 e. The van der Waals surface area contributed by atoms with Crippen molar-refractivity contribution in [1.82, 2.24) is 29.0 Å². The van der Waals surface area contributed by atoms with Crippen molar-refractivity contribution < 1.29 is 23.5 Å². The molecule has 12 nitrogen and oxygen atoms in total. The first kappa shape index (κ1) is 41.0. The van der Waals surface area contributed by atoms with Gasteiger partial charge in [0.2, 0.25) is 5.91 Å². The van der Waals surface area contributed by atoms with Crippen molar-refractivity contribution in [2.24, 2.45) is 0 Å². The summed E-state index contributed by atoms with van der Waals surface area (Å²) in [5.41, 5.74) is -0.297. The number of aromatic nitrogens is 5. The van der Waals surface area contributed by atoms with Gasteiger partial charge in [0.15, 0.2) is 0 Å². The molecule has 0 saturated carbocycles. The summed E-state index contributed by atoms with van der Waals surface area (Å²) in [6, 6.07) is 22.7. The van der Waals surface area contributed by atoms with Crippen molar-refractivity contribution in [1.29, 1.82) is 0 Å². The van der Waals surface area contributed by atoms with Crippen LogP contribution in [0.4, 0.5) is 4.39 Å². The SMILES string of the molecule is COc1ccc(F)cc1[C@H](Cn1c(=O)n(C2CCN(C(C)C)C2=O)c(=O)c2c(C)c(-n3nccn3)sc21)OCCCC(C)(C)[Si](O)(c1ccccc1)c1ccccc1. The van der Waals surface area contributed by atoms with Crippen LogP contribution < -0.4 is 26.4 Å². The average Bonchev–Trinajstić information content (AvgIpc) is 3.97. The van der Waals surface area contributed by atoms with Crippen molar-refractivity contribution in [2.75, 3.05) is 20.3 Å². The summed E-state index contributed by atoms with van der Waals surface area (Å²) in [4.78, 5) is 59.1. The maximum absolute atomic E-state index is 15.1. The van der Waals surface area contributed by atoms with Gasteiger partial charge >= 0.3 is 5.69 Å². The second-order valence-corrected chi connectivity index (χ2v) is 20.6. The molecule has 1 aliphatic heterocycles. The number of thiophene rings is 1. The van der Waals surface area contributed by atoms with Crippen molar-refractivity contribution in [3.8, 4) is 10.8 Å². The predicted octanol–water partition coefficient (Wildman–Crippen LogP) is 5.51. The van der Waals surface area contributed by atoms with Crippen molar-refractivity contribution in [3.63, 3.8) is 0 Å². The van der Waals surface area contributed by atoms with E-state index in [1.807, 2.05) is 74.5 Å². The second-order valence-electron chi connectivity index (χ2n) is 15.7. The van der Waals surface area contributed by atoms with E-state index in [9.17, 15) is 19.2 Å². The Balaban J connectivity index is 1.28. The van der Waals surface area contributed by atoms with Crippen LogP contribution in [0.3, 0.4) is 0 Å². The molecule has 1 aliphatic rings. The first-order valence-electron chi connectivity index (χ1n) is 19.5. The number of hydrogen-bond acceptors (Lipinski definition) is 9. The van der Waals surface area contributed by atoms with E-state index in [1.54, 1.807) is 11.8 Å². The Morgan fingerprint density at radius 2 is 1.62 bits per heavy atom. The fourth-order valence-electron chi connectivity index (χ4n) is 8.33. The zero-order chi connectivity index (χ0) is 41.4. The first-order valence-corrected chi connectivity index (χ1v) is 22.3. The molecule has 1 N–H and O–H groups in total. The summed E-state index contributed by atoms with van der Waals surface area (Å²) in [6.45, 7) is 10.2. The third kappa shape index (κ3) is 7.36. The minimum atomic E-state index is -3.30. The highest BCUT2D eigenvalue weighted by Crippen LogP contribution is 2.41. The van der Waals surface area contributed by atoms with Crippen LogP contribution in [-0.2, 0) is 16.1 Å². The first-order chi connectivity index (χ1) is 27.8. The summed E-state index contributed by atoms with van der Waals surface area (Å²) in [6.07, 6.45) is 3.52. The molecule has 0 spiro atoms. The number of fused-ring (bicyclic) bond motifs is 1. The maximum atomic E-state index is 15.1. The van der Waals surface area contributed by atoms with Gasteiger partial charge in [-0.25, -0.2) is 13.8 Å². The zero-order valence-corrected chi connectivity index (χ0v) is 35.4. The maximum Gasteiger partial charge on any atom is 0.332 e. The summed E-state index contributed by atoms with van der Waals surface area (Å²) < 4.78 is 30.0. The highest BCUT2D eigenvalue weighted by Gasteiger charge is 2.49. The number of likely N-dealkylation sites (tertiary alicyclic amines) is 1. The van der Waals surface area contributed by atoms with Gasteiger partial charge < -0.3 is 19.2 Å². The average molecular weight is 825 g/mol. The summed E-state index contributed by atoms with van der Waals surface area (Å²) in [5.74, 6) is -0.445. The van der Waals surface area contributed by atoms with E-state index in [0.717, 1.165) is 14.9 Å². The van der Waals surface area contributed by atoms with Gasteiger partial charge in [-0.1, -0.05) is 85.8 Å². The number of aryl methyl sites for hydroxylation is 1. The quantitative estimate of drug-likeness (QED) is 0.106. The van der Waals surface area contributed by atoms with Crippen LogP contribution in [0.1, 0.15) is 70.2 Å². The summed E-state index contributed by atoms with van der Waals surface area (Å²) in [5, 5.41) is 10.7. The lowest BCUT2D eigenvalue weighted by atomic mass is 10.1. The fraction of sp³-hybridized carbons (Fsp3) is 0.372. The number of benzene rings is 3. The molecule has 15 heteroatoms. The lowest BCUT2D eigenvalue weighted by Crippen LogP contribution is -2.65. The van der Waals surface area contributed by atoms with E-state index in [0.29, 0.717) is 52.5 Å². The minimum absolute atomic E-state index is 0.109. The lowest BCUT2D eigenvalue weighted by Gasteiger charge is -2.41. The molecule has 58 heavy (non-hydrogen) atoms. The Bertz CT molecular complexity index is 2480. The molecule has 6 aromatic rings. The number of amides is 1. The van der Waals surface area contributed by atoms with Crippen LogP contribution in [0, 0.1) is 12.7 Å². The molecule has 0 radical (unpaired) electrons. The smallest absolute Gasteiger partial charge is 0.332 e. The molecular formula is C43H49FN6O6SSi. The van der Waals surface area contributed by atoms with Crippen LogP contribution in [0.15, 0.2) is 101 Å². The molecule has 0 aliphatic carbocycles. The third-order valence-electron chi connectivity index (χ3n) is 11.5. The summed E-state index contributed by atoms with van der Waals surface area (Å²) in [7, 11) is -1.82. The molecule has 1 unspecified atom stereocenters. The van der Waals surface area contributed by atoms with Crippen molar-refractivity contribution in [3.05, 3.63) is 129 Å². The number of hydrogen-bond donors (Lipinski definition) is 1. The third-order valence-corrected chi connectivity index (χ3v) is 17.3. The summed E-state index contributed by atoms with van der Waals surface area (Å²) >= 11 is 1.18. The molecule has 1 saturated heterocycles. The van der Waals surface area contributed by atoms with E-state index in [1.165, 1.54) is 58.4 Å². The number of carbonyl (C=O) groups is 1. The molecule has 3 aromatic carbocycles. The molecule has 304 valence electrons. The van der Waals surface area contributed by atoms with Gasteiger partial charge in [-0.3, -0.25) is 14.2 Å². The van der Waals surface area contributed by atoms with Crippen LogP contribution in [0.5, 0.6) is 5.75 Å². The Hall–Kier alpha value is -5.22. The zero-order valence-electron chi connectivity index (χ0n) is 33.6. The Morgan fingerprint density at radius 3 is 2.21 bits per heavy atom. The molecule has 3 aromatic heterocycles. The van der Waals surface area contributed by atoms with Crippen LogP contribution in [-0.4, -0.2) is 74.4 Å². The van der Waals surface area contributed by atoms with Gasteiger partial charge in [0.1, 0.15) is 33.5 Å². The predicted molar refractivity (Wildman–Crippen MR) is 226 cm³/mol.